The smallest absolute Gasteiger partial charge is 0.307 e. The molecule has 4 amide bonds. The SMILES string of the molecule is CSC1NC(=O)N(C(C)C)C(=O)N1N. The normalized spacial score (nSPS) is 23.1. The summed E-state index contributed by atoms with van der Waals surface area (Å²) in [5, 5.41) is 3.63. The Bertz CT molecular complexity index is 258. The molecule has 14 heavy (non-hydrogen) atoms. The molecule has 0 aliphatic carbocycles. The molecule has 0 aromatic heterocycles. The summed E-state index contributed by atoms with van der Waals surface area (Å²) in [4.78, 5) is 24.1. The van der Waals surface area contributed by atoms with Gasteiger partial charge in [-0.25, -0.2) is 25.3 Å². The van der Waals surface area contributed by atoms with Crippen molar-refractivity contribution in [1.29, 1.82) is 0 Å². The summed E-state index contributed by atoms with van der Waals surface area (Å²) in [7, 11) is 0. The zero-order valence-corrected chi connectivity index (χ0v) is 9.17. The largest absolute Gasteiger partial charge is 0.345 e. The minimum atomic E-state index is -0.481. The Labute approximate surface area is 86.7 Å². The van der Waals surface area contributed by atoms with Gasteiger partial charge in [-0.05, 0) is 20.1 Å². The lowest BCUT2D eigenvalue weighted by molar-refractivity contribution is 0.115. The summed E-state index contributed by atoms with van der Waals surface area (Å²) in [6.45, 7) is 3.51. The molecule has 1 rings (SSSR count). The molecule has 1 aliphatic rings. The first kappa shape index (κ1) is 11.1. The number of imide groups is 1. The van der Waals surface area contributed by atoms with Crippen LogP contribution in [0.4, 0.5) is 9.59 Å². The fourth-order valence-electron chi connectivity index (χ4n) is 1.18. The van der Waals surface area contributed by atoms with Gasteiger partial charge in [0.2, 0.25) is 0 Å². The first-order valence-corrected chi connectivity index (χ1v) is 5.48. The number of carbonyl (C=O) groups is 2. The maximum atomic E-state index is 11.6. The Morgan fingerprint density at radius 2 is 2.07 bits per heavy atom. The number of hydrazine groups is 1. The van der Waals surface area contributed by atoms with Crippen LogP contribution in [-0.4, -0.2) is 39.8 Å². The predicted octanol–water partition coefficient (Wildman–Crippen LogP) is 0.362. The number of urea groups is 2. The van der Waals surface area contributed by atoms with Gasteiger partial charge in [-0.3, -0.25) is 0 Å². The van der Waals surface area contributed by atoms with Crippen LogP contribution in [0.3, 0.4) is 0 Å². The third-order valence-corrected chi connectivity index (χ3v) is 2.68. The number of nitrogens with two attached hydrogens (primary N) is 1. The fraction of sp³-hybridized carbons (Fsp3) is 0.714. The van der Waals surface area contributed by atoms with Crippen molar-refractivity contribution in [2.75, 3.05) is 6.26 Å². The zero-order valence-electron chi connectivity index (χ0n) is 8.35. The zero-order chi connectivity index (χ0) is 10.9. The van der Waals surface area contributed by atoms with E-state index in [1.807, 2.05) is 0 Å². The van der Waals surface area contributed by atoms with Crippen LogP contribution >= 0.6 is 11.8 Å². The number of amides is 4. The monoisotopic (exact) mass is 218 g/mol. The van der Waals surface area contributed by atoms with E-state index in [1.165, 1.54) is 11.8 Å². The van der Waals surface area contributed by atoms with Crippen LogP contribution in [0.5, 0.6) is 0 Å². The average Bonchev–Trinajstić information content (AvgIpc) is 2.10. The van der Waals surface area contributed by atoms with Crippen LogP contribution in [-0.2, 0) is 0 Å². The van der Waals surface area contributed by atoms with E-state index < -0.39 is 17.6 Å². The number of hydrogen-bond donors (Lipinski definition) is 2. The van der Waals surface area contributed by atoms with Crippen molar-refractivity contribution in [2.45, 2.75) is 25.4 Å². The first-order valence-electron chi connectivity index (χ1n) is 4.19. The Kier molecular flexibility index (Phi) is 3.22. The lowest BCUT2D eigenvalue weighted by Crippen LogP contribution is -2.67. The molecule has 0 saturated carbocycles. The lowest BCUT2D eigenvalue weighted by Gasteiger charge is -2.38. The summed E-state index contributed by atoms with van der Waals surface area (Å²) in [6.07, 6.45) is 1.77. The second-order valence-electron chi connectivity index (χ2n) is 3.19. The van der Waals surface area contributed by atoms with E-state index in [9.17, 15) is 9.59 Å². The second-order valence-corrected chi connectivity index (χ2v) is 4.11. The van der Waals surface area contributed by atoms with Crippen molar-refractivity contribution in [2.24, 2.45) is 5.84 Å². The van der Waals surface area contributed by atoms with Crippen molar-refractivity contribution in [3.63, 3.8) is 0 Å². The molecule has 1 atom stereocenters. The molecule has 3 N–H and O–H groups in total. The Morgan fingerprint density at radius 1 is 1.50 bits per heavy atom. The van der Waals surface area contributed by atoms with E-state index in [0.29, 0.717) is 0 Å². The molecule has 1 fully saturated rings. The van der Waals surface area contributed by atoms with Gasteiger partial charge in [-0.2, -0.15) is 0 Å². The summed E-state index contributed by atoms with van der Waals surface area (Å²) >= 11 is 1.30. The summed E-state index contributed by atoms with van der Waals surface area (Å²) < 4.78 is 0. The van der Waals surface area contributed by atoms with E-state index in [1.54, 1.807) is 20.1 Å². The molecular formula is C7H14N4O2S. The highest BCUT2D eigenvalue weighted by atomic mass is 32.2. The van der Waals surface area contributed by atoms with Crippen LogP contribution in [0.15, 0.2) is 0 Å². The molecule has 6 nitrogen and oxygen atoms in total. The molecule has 0 aromatic carbocycles. The van der Waals surface area contributed by atoms with E-state index in [-0.39, 0.29) is 6.04 Å². The number of nitrogens with zero attached hydrogens (tertiary/aromatic N) is 2. The van der Waals surface area contributed by atoms with Crippen LogP contribution in [0.25, 0.3) is 0 Å². The van der Waals surface area contributed by atoms with Gasteiger partial charge in [-0.1, -0.05) is 0 Å². The van der Waals surface area contributed by atoms with Gasteiger partial charge < -0.3 is 5.32 Å². The van der Waals surface area contributed by atoms with Gasteiger partial charge >= 0.3 is 12.1 Å². The van der Waals surface area contributed by atoms with E-state index in [0.717, 1.165) is 9.91 Å². The Hall–Kier alpha value is -0.950. The fourth-order valence-corrected chi connectivity index (χ4v) is 1.72. The minimum absolute atomic E-state index is 0.198. The highest BCUT2D eigenvalue weighted by Gasteiger charge is 2.37. The Balaban J connectivity index is 2.85. The summed E-state index contributed by atoms with van der Waals surface area (Å²) in [6, 6.07) is -1.06. The molecule has 0 bridgehead atoms. The number of hydrogen-bond acceptors (Lipinski definition) is 4. The van der Waals surface area contributed by atoms with Gasteiger partial charge in [-0.15, -0.1) is 11.8 Å². The second kappa shape index (κ2) is 4.05. The molecule has 1 aliphatic heterocycles. The van der Waals surface area contributed by atoms with Crippen LogP contribution in [0.2, 0.25) is 0 Å². The first-order chi connectivity index (χ1) is 6.49. The molecule has 7 heteroatoms. The molecule has 1 unspecified atom stereocenters. The van der Waals surface area contributed by atoms with Gasteiger partial charge in [0.25, 0.3) is 0 Å². The molecule has 1 saturated heterocycles. The number of carbonyl (C=O) groups excluding carboxylic acids is 2. The van der Waals surface area contributed by atoms with Crippen molar-refractivity contribution in [3.05, 3.63) is 0 Å². The Morgan fingerprint density at radius 3 is 2.50 bits per heavy atom. The number of nitrogens with one attached hydrogen (secondary N) is 1. The van der Waals surface area contributed by atoms with Crippen LogP contribution in [0, 0.1) is 0 Å². The topological polar surface area (TPSA) is 78.7 Å². The van der Waals surface area contributed by atoms with Crippen molar-refractivity contribution in [3.8, 4) is 0 Å². The van der Waals surface area contributed by atoms with Crippen molar-refractivity contribution < 1.29 is 9.59 Å². The van der Waals surface area contributed by atoms with Crippen molar-refractivity contribution >= 4 is 23.8 Å². The highest BCUT2D eigenvalue weighted by Crippen LogP contribution is 2.16. The average molecular weight is 218 g/mol. The van der Waals surface area contributed by atoms with Gasteiger partial charge in [0.1, 0.15) is 0 Å². The molecule has 0 aromatic rings. The molecule has 80 valence electrons. The molecule has 0 radical (unpaired) electrons. The number of rotatable bonds is 2. The summed E-state index contributed by atoms with van der Waals surface area (Å²) in [5.41, 5.74) is -0.481. The molecule has 1 heterocycles. The maximum Gasteiger partial charge on any atom is 0.345 e. The van der Waals surface area contributed by atoms with Gasteiger partial charge in [0.05, 0.1) is 0 Å². The van der Waals surface area contributed by atoms with Gasteiger partial charge in [0, 0.05) is 6.04 Å². The third kappa shape index (κ3) is 1.78. The standard InChI is InChI=1S/C7H14N4O2S/c1-4(2)10-5(12)9-6(14-3)11(8)7(10)13/h4,6H,8H2,1-3H3,(H,9,12). The predicted molar refractivity (Wildman–Crippen MR) is 54.2 cm³/mol. The minimum Gasteiger partial charge on any atom is -0.307 e. The van der Waals surface area contributed by atoms with Crippen molar-refractivity contribution in [1.82, 2.24) is 15.2 Å². The lowest BCUT2D eigenvalue weighted by atomic mass is 10.3. The number of thioether (sulfide) groups is 1. The highest BCUT2D eigenvalue weighted by molar-refractivity contribution is 7.99. The van der Waals surface area contributed by atoms with Crippen LogP contribution in [0.1, 0.15) is 13.8 Å². The third-order valence-electron chi connectivity index (χ3n) is 1.89. The van der Waals surface area contributed by atoms with Gasteiger partial charge in [0.15, 0.2) is 5.50 Å². The van der Waals surface area contributed by atoms with E-state index in [2.05, 4.69) is 5.32 Å². The quantitative estimate of drug-likeness (QED) is 0.518. The molecule has 0 spiro atoms. The van der Waals surface area contributed by atoms with Crippen LogP contribution < -0.4 is 11.2 Å². The van der Waals surface area contributed by atoms with E-state index in [4.69, 9.17) is 5.84 Å². The maximum absolute atomic E-state index is 11.6. The summed E-state index contributed by atoms with van der Waals surface area (Å²) in [5.74, 6) is 5.53. The molecular weight excluding hydrogens is 204 g/mol. The van der Waals surface area contributed by atoms with E-state index >= 15 is 0 Å².